The second-order valence-corrected chi connectivity index (χ2v) is 4.97. The Labute approximate surface area is 133 Å². The molecule has 0 bridgehead atoms. The summed E-state index contributed by atoms with van der Waals surface area (Å²) in [6.07, 6.45) is 4.82. The first kappa shape index (κ1) is 16.4. The van der Waals surface area contributed by atoms with E-state index in [1.807, 2.05) is 13.1 Å². The van der Waals surface area contributed by atoms with Crippen molar-refractivity contribution in [2.45, 2.75) is 19.9 Å². The first-order chi connectivity index (χ1) is 11.0. The summed E-state index contributed by atoms with van der Waals surface area (Å²) in [6, 6.07) is 3.95. The number of aromatic nitrogens is 2. The first-order valence-electron chi connectivity index (χ1n) is 7.00. The summed E-state index contributed by atoms with van der Waals surface area (Å²) in [6.45, 7) is 5.66. The van der Waals surface area contributed by atoms with Crippen LogP contribution in [0.15, 0.2) is 43.2 Å². The Hall–Kier alpha value is -2.96. The summed E-state index contributed by atoms with van der Waals surface area (Å²) < 4.78 is 15.3. The van der Waals surface area contributed by atoms with Crippen molar-refractivity contribution in [2.24, 2.45) is 0 Å². The molecule has 0 aliphatic heterocycles. The van der Waals surface area contributed by atoms with Crippen LogP contribution < -0.4 is 10.6 Å². The smallest absolute Gasteiger partial charge is 0.247 e. The summed E-state index contributed by atoms with van der Waals surface area (Å²) in [5.74, 6) is -1.35. The molecule has 1 aromatic heterocycles. The van der Waals surface area contributed by atoms with Gasteiger partial charge in [-0.15, -0.1) is 0 Å². The van der Waals surface area contributed by atoms with Gasteiger partial charge in [-0.2, -0.15) is 5.10 Å². The Bertz CT molecular complexity index is 739. The van der Waals surface area contributed by atoms with Crippen LogP contribution in [0.3, 0.4) is 0 Å². The monoisotopic (exact) mass is 316 g/mol. The number of carbonyl (C=O) groups excluding carboxylic acids is 2. The van der Waals surface area contributed by atoms with Crippen molar-refractivity contribution in [1.29, 1.82) is 0 Å². The number of halogens is 1. The first-order valence-corrected chi connectivity index (χ1v) is 7.00. The minimum atomic E-state index is -0.592. The average Bonchev–Trinajstić information content (AvgIpc) is 2.94. The molecule has 2 amide bonds. The number of nitrogens with zero attached hydrogens (tertiary/aromatic N) is 2. The van der Waals surface area contributed by atoms with Crippen molar-refractivity contribution in [2.75, 3.05) is 10.6 Å². The second-order valence-electron chi connectivity index (χ2n) is 4.97. The number of rotatable bonds is 6. The number of hydrogen-bond donors (Lipinski definition) is 2. The van der Waals surface area contributed by atoms with E-state index in [-0.39, 0.29) is 18.0 Å². The Morgan fingerprint density at radius 3 is 2.83 bits per heavy atom. The van der Waals surface area contributed by atoms with Crippen LogP contribution in [0.5, 0.6) is 0 Å². The molecule has 2 rings (SSSR count). The van der Waals surface area contributed by atoms with Crippen LogP contribution in [-0.2, 0) is 16.1 Å². The maximum atomic E-state index is 13.6. The van der Waals surface area contributed by atoms with Crippen LogP contribution in [0.2, 0.25) is 0 Å². The lowest BCUT2D eigenvalue weighted by Crippen LogP contribution is -2.15. The number of hydrogen-bond acceptors (Lipinski definition) is 3. The highest BCUT2D eigenvalue weighted by Gasteiger charge is 2.08. The largest absolute Gasteiger partial charge is 0.326 e. The molecule has 2 N–H and O–H groups in total. The molecule has 2 aromatic rings. The highest BCUT2D eigenvalue weighted by atomic mass is 19.1. The van der Waals surface area contributed by atoms with Crippen molar-refractivity contribution in [1.82, 2.24) is 9.78 Å². The molecule has 0 unspecified atom stereocenters. The molecular weight excluding hydrogens is 299 g/mol. The lowest BCUT2D eigenvalue weighted by Gasteiger charge is -2.09. The summed E-state index contributed by atoms with van der Waals surface area (Å²) in [4.78, 5) is 23.2. The molecular formula is C16H17FN4O2. The van der Waals surface area contributed by atoms with Crippen LogP contribution in [-0.4, -0.2) is 21.6 Å². The molecule has 6 nitrogen and oxygen atoms in total. The minimum Gasteiger partial charge on any atom is -0.326 e. The number of amides is 2. The molecule has 0 saturated carbocycles. The zero-order valence-electron chi connectivity index (χ0n) is 12.7. The predicted octanol–water partition coefficient (Wildman–Crippen LogP) is 2.48. The molecule has 1 aromatic carbocycles. The number of nitrogens with one attached hydrogen (secondary N) is 2. The molecule has 0 spiro atoms. The predicted molar refractivity (Wildman–Crippen MR) is 85.4 cm³/mol. The van der Waals surface area contributed by atoms with Crippen LogP contribution in [0.1, 0.15) is 12.0 Å². The fourth-order valence-electron chi connectivity index (χ4n) is 1.91. The van der Waals surface area contributed by atoms with Gasteiger partial charge >= 0.3 is 0 Å². The standard InChI is InChI=1S/C16H17FN4O2/c1-3-15(22)20-14-8-12(4-5-13(14)17)19-16(23)6-7-21-10-11(2)9-18-21/h3-5,8-10H,1,6-7H2,2H3,(H,19,23)(H,20,22). The van der Waals surface area contributed by atoms with Gasteiger partial charge in [0, 0.05) is 24.8 Å². The van der Waals surface area contributed by atoms with Gasteiger partial charge in [0.05, 0.1) is 11.9 Å². The Morgan fingerprint density at radius 2 is 2.17 bits per heavy atom. The lowest BCUT2D eigenvalue weighted by molar-refractivity contribution is -0.116. The molecule has 0 radical (unpaired) electrons. The van der Waals surface area contributed by atoms with E-state index in [1.54, 1.807) is 10.9 Å². The number of aryl methyl sites for hydroxylation is 2. The molecule has 0 saturated heterocycles. The van der Waals surface area contributed by atoms with Gasteiger partial charge < -0.3 is 10.6 Å². The zero-order valence-corrected chi connectivity index (χ0v) is 12.7. The summed E-state index contributed by atoms with van der Waals surface area (Å²) in [5.41, 5.74) is 1.40. The van der Waals surface area contributed by atoms with Gasteiger partial charge in [0.1, 0.15) is 5.82 Å². The molecule has 0 aliphatic carbocycles. The van der Waals surface area contributed by atoms with E-state index in [4.69, 9.17) is 0 Å². The van der Waals surface area contributed by atoms with Crippen molar-refractivity contribution in [3.05, 3.63) is 54.6 Å². The summed E-state index contributed by atoms with van der Waals surface area (Å²) in [5, 5.41) is 9.08. The Morgan fingerprint density at radius 1 is 1.39 bits per heavy atom. The topological polar surface area (TPSA) is 76.0 Å². The van der Waals surface area contributed by atoms with E-state index in [0.29, 0.717) is 12.2 Å². The molecule has 0 fully saturated rings. The van der Waals surface area contributed by atoms with Crippen LogP contribution in [0.25, 0.3) is 0 Å². The van der Waals surface area contributed by atoms with Gasteiger partial charge in [0.25, 0.3) is 0 Å². The van der Waals surface area contributed by atoms with Crippen molar-refractivity contribution >= 4 is 23.2 Å². The molecule has 0 atom stereocenters. The number of benzene rings is 1. The molecule has 7 heteroatoms. The highest BCUT2D eigenvalue weighted by molar-refractivity contribution is 5.99. The van der Waals surface area contributed by atoms with E-state index in [2.05, 4.69) is 22.3 Å². The molecule has 0 aliphatic rings. The van der Waals surface area contributed by atoms with Gasteiger partial charge in [0.15, 0.2) is 0 Å². The molecule has 23 heavy (non-hydrogen) atoms. The fraction of sp³-hybridized carbons (Fsp3) is 0.188. The van der Waals surface area contributed by atoms with Crippen LogP contribution >= 0.6 is 0 Å². The summed E-state index contributed by atoms with van der Waals surface area (Å²) >= 11 is 0. The number of carbonyl (C=O) groups is 2. The normalized spacial score (nSPS) is 10.2. The highest BCUT2D eigenvalue weighted by Crippen LogP contribution is 2.20. The van der Waals surface area contributed by atoms with Gasteiger partial charge in [-0.05, 0) is 36.8 Å². The molecule has 1 heterocycles. The van der Waals surface area contributed by atoms with Gasteiger partial charge in [0.2, 0.25) is 11.8 Å². The van der Waals surface area contributed by atoms with E-state index >= 15 is 0 Å². The van der Waals surface area contributed by atoms with Gasteiger partial charge in [-0.3, -0.25) is 14.3 Å². The maximum absolute atomic E-state index is 13.6. The van der Waals surface area contributed by atoms with E-state index in [1.165, 1.54) is 18.2 Å². The van der Waals surface area contributed by atoms with Crippen LogP contribution in [0, 0.1) is 12.7 Å². The van der Waals surface area contributed by atoms with Crippen LogP contribution in [0.4, 0.5) is 15.8 Å². The third-order valence-electron chi connectivity index (χ3n) is 3.02. The second kappa shape index (κ2) is 7.35. The minimum absolute atomic E-state index is 0.0181. The van der Waals surface area contributed by atoms with Crippen molar-refractivity contribution in [3.8, 4) is 0 Å². The van der Waals surface area contributed by atoms with Crippen molar-refractivity contribution in [3.63, 3.8) is 0 Å². The third-order valence-corrected chi connectivity index (χ3v) is 3.02. The Balaban J connectivity index is 1.96. The SMILES string of the molecule is C=CC(=O)Nc1cc(NC(=O)CCn2cc(C)cn2)ccc1F. The maximum Gasteiger partial charge on any atom is 0.247 e. The third kappa shape index (κ3) is 4.77. The van der Waals surface area contributed by atoms with Gasteiger partial charge in [-0.25, -0.2) is 4.39 Å². The average molecular weight is 316 g/mol. The van der Waals surface area contributed by atoms with Gasteiger partial charge in [-0.1, -0.05) is 6.58 Å². The molecule has 120 valence electrons. The zero-order chi connectivity index (χ0) is 16.8. The van der Waals surface area contributed by atoms with E-state index < -0.39 is 11.7 Å². The summed E-state index contributed by atoms with van der Waals surface area (Å²) in [7, 11) is 0. The van der Waals surface area contributed by atoms with E-state index in [9.17, 15) is 14.0 Å². The quantitative estimate of drug-likeness (QED) is 0.804. The number of anilines is 2. The fourth-order valence-corrected chi connectivity index (χ4v) is 1.91. The van der Waals surface area contributed by atoms with E-state index in [0.717, 1.165) is 11.6 Å². The Kier molecular flexibility index (Phi) is 5.24. The lowest BCUT2D eigenvalue weighted by atomic mass is 10.2. The van der Waals surface area contributed by atoms with Crippen molar-refractivity contribution < 1.29 is 14.0 Å².